The van der Waals surface area contributed by atoms with Crippen LogP contribution in [0.15, 0.2) is 65.1 Å². The van der Waals surface area contributed by atoms with Gasteiger partial charge in [-0.3, -0.25) is 0 Å². The molecule has 2 radical (unpaired) electrons. The van der Waals surface area contributed by atoms with Crippen LogP contribution in [0.3, 0.4) is 0 Å². The van der Waals surface area contributed by atoms with E-state index in [9.17, 15) is 0 Å². The van der Waals surface area contributed by atoms with Crippen LogP contribution in [0.4, 0.5) is 5.69 Å². The number of hydrogen-bond donors (Lipinski definition) is 0. The van der Waals surface area contributed by atoms with Crippen LogP contribution in [0, 0.1) is 6.92 Å². The number of rotatable bonds is 1. The Labute approximate surface area is 142 Å². The smallest absolute Gasteiger partial charge is 0.228 e. The van der Waals surface area contributed by atoms with Gasteiger partial charge in [0, 0.05) is 22.4 Å². The Balaban J connectivity index is 1.76. The van der Waals surface area contributed by atoms with Crippen LogP contribution in [0.5, 0.6) is 0 Å². The van der Waals surface area contributed by atoms with E-state index in [4.69, 9.17) is 4.42 Å². The van der Waals surface area contributed by atoms with E-state index in [1.165, 1.54) is 38.1 Å². The largest absolute Gasteiger partial charge is 0.456 e. The number of nitrogens with zero attached hydrogens (tertiary/aromatic N) is 1. The summed E-state index contributed by atoms with van der Waals surface area (Å²) in [5.74, 6) is 0. The van der Waals surface area contributed by atoms with Crippen LogP contribution in [0.25, 0.3) is 21.9 Å². The minimum absolute atomic E-state index is 0.612. The molecule has 0 saturated heterocycles. The van der Waals surface area contributed by atoms with E-state index >= 15 is 0 Å². The topological polar surface area (TPSA) is 16.1 Å². The number of para-hydroxylation sites is 1. The Bertz CT molecular complexity index is 1150. The van der Waals surface area contributed by atoms with E-state index in [0.717, 1.165) is 11.2 Å². The van der Waals surface area contributed by atoms with Gasteiger partial charge in [0.15, 0.2) is 5.33 Å². The fraction of sp³-hybridized carbons (Fsp3) is 0.0952. The molecular weight excluding hydrogens is 310 g/mol. The van der Waals surface area contributed by atoms with Crippen LogP contribution < -0.4 is 5.19 Å². The number of fused-ring (bicyclic) bond motifs is 5. The minimum Gasteiger partial charge on any atom is -0.456 e. The highest BCUT2D eigenvalue weighted by Gasteiger charge is 2.33. The van der Waals surface area contributed by atoms with Crippen LogP contribution >= 0.6 is 0 Å². The lowest BCUT2D eigenvalue weighted by atomic mass is 10.1. The van der Waals surface area contributed by atoms with Crippen molar-refractivity contribution in [3.05, 3.63) is 71.8 Å². The highest BCUT2D eigenvalue weighted by atomic mass is 28.2. The normalized spacial score (nSPS) is 13.9. The van der Waals surface area contributed by atoms with Gasteiger partial charge in [-0.05, 0) is 30.7 Å². The van der Waals surface area contributed by atoms with Crippen LogP contribution in [0.2, 0.25) is 0 Å². The maximum Gasteiger partial charge on any atom is 0.228 e. The van der Waals surface area contributed by atoms with Gasteiger partial charge in [-0.1, -0.05) is 36.4 Å². The predicted molar refractivity (Wildman–Crippen MR) is 100 cm³/mol. The summed E-state index contributed by atoms with van der Waals surface area (Å²) in [6.45, 7) is 2.18. The Kier molecular flexibility index (Phi) is 2.82. The molecule has 2 heterocycles. The molecule has 24 heavy (non-hydrogen) atoms. The van der Waals surface area contributed by atoms with Crippen molar-refractivity contribution in [1.29, 1.82) is 0 Å². The summed E-state index contributed by atoms with van der Waals surface area (Å²) in [6, 6.07) is 21.3. The molecule has 0 amide bonds. The molecule has 3 heteroatoms. The van der Waals surface area contributed by atoms with Gasteiger partial charge in [0.2, 0.25) is 15.2 Å². The highest BCUT2D eigenvalue weighted by molar-refractivity contribution is 6.90. The van der Waals surface area contributed by atoms with Crippen LogP contribution in [0.1, 0.15) is 11.1 Å². The Morgan fingerprint density at radius 2 is 1.67 bits per heavy atom. The molecule has 4 aromatic rings. The fourth-order valence-corrected chi connectivity index (χ4v) is 5.21. The molecule has 0 N–H and O–H groups in total. The van der Waals surface area contributed by atoms with E-state index in [1.807, 2.05) is 6.07 Å². The maximum absolute atomic E-state index is 6.23. The zero-order valence-corrected chi connectivity index (χ0v) is 14.6. The van der Waals surface area contributed by atoms with Gasteiger partial charge < -0.3 is 4.42 Å². The second-order valence-electron chi connectivity index (χ2n) is 6.28. The molecule has 0 aliphatic carbocycles. The van der Waals surface area contributed by atoms with Crippen molar-refractivity contribution in [2.75, 3.05) is 7.05 Å². The number of benzene rings is 3. The third-order valence-corrected chi connectivity index (χ3v) is 6.44. The molecule has 0 unspecified atom stereocenters. The fourth-order valence-electron chi connectivity index (χ4n) is 3.59. The van der Waals surface area contributed by atoms with Gasteiger partial charge in [0.25, 0.3) is 0 Å². The molecule has 0 saturated carbocycles. The van der Waals surface area contributed by atoms with E-state index in [-0.39, 0.29) is 0 Å². The lowest BCUT2D eigenvalue weighted by molar-refractivity contribution is -0.398. The summed E-state index contributed by atoms with van der Waals surface area (Å²) in [4.78, 5) is 0. The first kappa shape index (κ1) is 13.8. The van der Waals surface area contributed by atoms with Crippen LogP contribution in [-0.4, -0.2) is 26.5 Å². The third kappa shape index (κ3) is 1.79. The minimum atomic E-state index is 0.612. The average molecular weight is 326 g/mol. The van der Waals surface area contributed by atoms with Crippen molar-refractivity contribution in [2.24, 2.45) is 0 Å². The second kappa shape index (κ2) is 4.92. The molecule has 1 aliphatic heterocycles. The quantitative estimate of drug-likeness (QED) is 0.382. The Morgan fingerprint density at radius 3 is 2.54 bits per heavy atom. The first-order valence-corrected chi connectivity index (χ1v) is 9.12. The maximum atomic E-state index is 6.23. The van der Waals surface area contributed by atoms with Crippen molar-refractivity contribution < 1.29 is 8.99 Å². The van der Waals surface area contributed by atoms with Gasteiger partial charge in [0.05, 0.1) is 5.19 Å². The molecule has 0 fully saturated rings. The molecule has 5 rings (SSSR count). The molecule has 3 aromatic carbocycles. The van der Waals surface area contributed by atoms with Gasteiger partial charge in [-0.25, -0.2) is 4.58 Å². The Morgan fingerprint density at radius 1 is 0.875 bits per heavy atom. The van der Waals surface area contributed by atoms with Crippen molar-refractivity contribution in [2.45, 2.75) is 6.92 Å². The SMILES string of the molecule is Cc1ccccc1C1=[N+](C)c2ccc3c(oc4ccccc43)c2[Si]1. The molecule has 1 aliphatic rings. The van der Waals surface area contributed by atoms with Crippen molar-refractivity contribution >= 4 is 47.7 Å². The van der Waals surface area contributed by atoms with E-state index < -0.39 is 0 Å². The summed E-state index contributed by atoms with van der Waals surface area (Å²) in [6.07, 6.45) is 0. The first-order chi connectivity index (χ1) is 11.7. The van der Waals surface area contributed by atoms with E-state index in [2.05, 4.69) is 73.1 Å². The summed E-state index contributed by atoms with van der Waals surface area (Å²) < 4.78 is 8.55. The first-order valence-electron chi connectivity index (χ1n) is 8.12. The second-order valence-corrected chi connectivity index (χ2v) is 7.51. The lowest BCUT2D eigenvalue weighted by Crippen LogP contribution is -2.21. The van der Waals surface area contributed by atoms with Crippen LogP contribution in [-0.2, 0) is 0 Å². The summed E-state index contributed by atoms with van der Waals surface area (Å²) in [5.41, 5.74) is 5.93. The summed E-state index contributed by atoms with van der Waals surface area (Å²) in [5, 5.41) is 5.11. The highest BCUT2D eigenvalue weighted by Crippen LogP contribution is 2.31. The van der Waals surface area contributed by atoms with Crippen molar-refractivity contribution in [3.63, 3.8) is 0 Å². The molecule has 2 nitrogen and oxygen atoms in total. The molecule has 0 bridgehead atoms. The number of hydrogen-bond acceptors (Lipinski definition) is 1. The van der Waals surface area contributed by atoms with Gasteiger partial charge in [-0.15, -0.1) is 0 Å². The van der Waals surface area contributed by atoms with E-state index in [1.54, 1.807) is 0 Å². The van der Waals surface area contributed by atoms with Crippen molar-refractivity contribution in [3.8, 4) is 0 Å². The monoisotopic (exact) mass is 326 g/mol. The number of furan rings is 1. The van der Waals surface area contributed by atoms with Gasteiger partial charge in [0.1, 0.15) is 18.2 Å². The molecule has 0 spiro atoms. The van der Waals surface area contributed by atoms with E-state index in [0.29, 0.717) is 9.52 Å². The average Bonchev–Trinajstić information content (AvgIpc) is 3.14. The van der Waals surface area contributed by atoms with Gasteiger partial charge in [-0.2, -0.15) is 0 Å². The lowest BCUT2D eigenvalue weighted by Gasteiger charge is -2.02. The molecule has 114 valence electrons. The standard InChI is InChI=1S/C21H16NOSi/c1-13-7-3-4-8-14(13)21-22(2)17-12-11-16-15-9-5-6-10-18(15)23-19(16)20(17)24-21/h3-12H,1-2H3/q+1. The zero-order valence-electron chi connectivity index (χ0n) is 13.6. The van der Waals surface area contributed by atoms with Gasteiger partial charge >= 0.3 is 0 Å². The summed E-state index contributed by atoms with van der Waals surface area (Å²) >= 11 is 0. The molecular formula is C21H16NOSi+. The van der Waals surface area contributed by atoms with Crippen molar-refractivity contribution in [1.82, 2.24) is 0 Å². The zero-order chi connectivity index (χ0) is 16.3. The Hall–Kier alpha value is -2.65. The molecule has 1 aromatic heterocycles. The summed E-state index contributed by atoms with van der Waals surface area (Å²) in [7, 11) is 2.77. The predicted octanol–water partition coefficient (Wildman–Crippen LogP) is 3.96. The third-order valence-electron chi connectivity index (χ3n) is 4.87. The number of aryl methyl sites for hydroxylation is 1. The molecule has 0 atom stereocenters.